The second-order valence-corrected chi connectivity index (χ2v) is 6.27. The smallest absolute Gasteiger partial charge is 0.137 e. The Morgan fingerprint density at radius 3 is 2.57 bits per heavy atom. The van der Waals surface area contributed by atoms with Crippen molar-refractivity contribution in [1.82, 2.24) is 9.97 Å². The van der Waals surface area contributed by atoms with E-state index in [0.717, 1.165) is 40.6 Å². The molecule has 110 valence electrons. The minimum Gasteiger partial charge on any atom is -0.363 e. The van der Waals surface area contributed by atoms with Crippen molar-refractivity contribution in [2.75, 3.05) is 5.32 Å². The van der Waals surface area contributed by atoms with E-state index in [1.54, 1.807) is 0 Å². The third-order valence-electron chi connectivity index (χ3n) is 3.77. The van der Waals surface area contributed by atoms with Crippen molar-refractivity contribution < 1.29 is 0 Å². The molecule has 0 amide bonds. The summed E-state index contributed by atoms with van der Waals surface area (Å²) in [4.78, 5) is 9.02. The highest BCUT2D eigenvalue weighted by Crippen LogP contribution is 2.39. The van der Waals surface area contributed by atoms with Crippen molar-refractivity contribution in [2.24, 2.45) is 0 Å². The number of hydrogen-bond acceptors (Lipinski definition) is 3. The van der Waals surface area contributed by atoms with Gasteiger partial charge in [-0.1, -0.05) is 41.4 Å². The van der Waals surface area contributed by atoms with Crippen LogP contribution in [-0.2, 0) is 0 Å². The largest absolute Gasteiger partial charge is 0.363 e. The topological polar surface area (TPSA) is 37.8 Å². The van der Waals surface area contributed by atoms with Crippen molar-refractivity contribution in [2.45, 2.75) is 38.6 Å². The van der Waals surface area contributed by atoms with Crippen LogP contribution in [0.25, 0.3) is 0 Å². The van der Waals surface area contributed by atoms with Gasteiger partial charge in [0, 0.05) is 16.5 Å². The quantitative estimate of drug-likeness (QED) is 0.792. The van der Waals surface area contributed by atoms with Crippen LogP contribution in [0.2, 0.25) is 10.2 Å². The molecular weight excluding hydrogens is 305 g/mol. The lowest BCUT2D eigenvalue weighted by atomic mass is 10.1. The molecule has 3 rings (SSSR count). The molecule has 1 heterocycles. The third-order valence-corrected chi connectivity index (χ3v) is 4.48. The summed E-state index contributed by atoms with van der Waals surface area (Å²) in [5.74, 6) is 2.11. The number of hydrogen-bond donors (Lipinski definition) is 1. The van der Waals surface area contributed by atoms with E-state index in [4.69, 9.17) is 23.2 Å². The van der Waals surface area contributed by atoms with E-state index in [9.17, 15) is 0 Å². The minimum absolute atomic E-state index is 0.0513. The Morgan fingerprint density at radius 1 is 1.19 bits per heavy atom. The van der Waals surface area contributed by atoms with Crippen LogP contribution in [0.1, 0.15) is 48.7 Å². The van der Waals surface area contributed by atoms with Gasteiger partial charge >= 0.3 is 0 Å². The average Bonchev–Trinajstić information content (AvgIpc) is 3.28. The van der Waals surface area contributed by atoms with E-state index >= 15 is 0 Å². The molecule has 3 nitrogen and oxygen atoms in total. The van der Waals surface area contributed by atoms with Gasteiger partial charge in [0.1, 0.15) is 16.8 Å². The van der Waals surface area contributed by atoms with Gasteiger partial charge in [-0.3, -0.25) is 0 Å². The van der Waals surface area contributed by atoms with Crippen LogP contribution in [0.3, 0.4) is 0 Å². The highest BCUT2D eigenvalue weighted by Gasteiger charge is 2.28. The average molecular weight is 322 g/mol. The lowest BCUT2D eigenvalue weighted by Crippen LogP contribution is -2.11. The Labute approximate surface area is 134 Å². The van der Waals surface area contributed by atoms with Crippen molar-refractivity contribution in [3.63, 3.8) is 0 Å². The number of rotatable bonds is 4. The van der Waals surface area contributed by atoms with Crippen LogP contribution < -0.4 is 5.32 Å². The van der Waals surface area contributed by atoms with Gasteiger partial charge in [0.25, 0.3) is 0 Å². The van der Waals surface area contributed by atoms with E-state index < -0.39 is 0 Å². The lowest BCUT2D eigenvalue weighted by molar-refractivity contribution is 0.848. The van der Waals surface area contributed by atoms with Gasteiger partial charge in [-0.2, -0.15) is 0 Å². The fourth-order valence-corrected chi connectivity index (χ4v) is 2.75. The first-order chi connectivity index (χ1) is 10.1. The summed E-state index contributed by atoms with van der Waals surface area (Å²) in [5.41, 5.74) is 1.92. The summed E-state index contributed by atoms with van der Waals surface area (Å²) in [6.07, 6.45) is 2.30. The van der Waals surface area contributed by atoms with Crippen LogP contribution in [0.5, 0.6) is 0 Å². The number of nitrogens with zero attached hydrogens (tertiary/aromatic N) is 2. The molecule has 1 atom stereocenters. The zero-order valence-electron chi connectivity index (χ0n) is 12.0. The summed E-state index contributed by atoms with van der Waals surface area (Å²) in [7, 11) is 0. The summed E-state index contributed by atoms with van der Waals surface area (Å²) < 4.78 is 0. The Kier molecular flexibility index (Phi) is 4.05. The molecule has 21 heavy (non-hydrogen) atoms. The second kappa shape index (κ2) is 5.82. The first kappa shape index (κ1) is 14.6. The van der Waals surface area contributed by atoms with E-state index in [1.165, 1.54) is 0 Å². The molecule has 1 aromatic carbocycles. The third kappa shape index (κ3) is 3.14. The molecule has 5 heteroatoms. The van der Waals surface area contributed by atoms with Gasteiger partial charge in [-0.15, -0.1) is 0 Å². The molecule has 1 fully saturated rings. The van der Waals surface area contributed by atoms with E-state index in [0.29, 0.717) is 11.1 Å². The van der Waals surface area contributed by atoms with Crippen molar-refractivity contribution >= 4 is 29.0 Å². The number of aromatic nitrogens is 2. The fourth-order valence-electron chi connectivity index (χ4n) is 2.28. The normalized spacial score (nSPS) is 15.8. The molecule has 1 aromatic heterocycles. The van der Waals surface area contributed by atoms with Crippen LogP contribution >= 0.6 is 23.2 Å². The van der Waals surface area contributed by atoms with Gasteiger partial charge in [-0.05, 0) is 38.3 Å². The zero-order valence-corrected chi connectivity index (χ0v) is 13.5. The van der Waals surface area contributed by atoms with E-state index in [2.05, 4.69) is 22.2 Å². The van der Waals surface area contributed by atoms with Crippen LogP contribution in [-0.4, -0.2) is 9.97 Å². The highest BCUT2D eigenvalue weighted by atomic mass is 35.5. The predicted molar refractivity (Wildman–Crippen MR) is 87.2 cm³/mol. The second-order valence-electron chi connectivity index (χ2n) is 5.51. The van der Waals surface area contributed by atoms with Gasteiger partial charge < -0.3 is 5.32 Å². The van der Waals surface area contributed by atoms with Crippen LogP contribution in [0, 0.1) is 6.92 Å². The zero-order chi connectivity index (χ0) is 15.0. The lowest BCUT2D eigenvalue weighted by Gasteiger charge is -2.18. The molecule has 1 aliphatic rings. The molecular formula is C16H17Cl2N3. The highest BCUT2D eigenvalue weighted by molar-refractivity contribution is 6.31. The monoisotopic (exact) mass is 321 g/mol. The maximum absolute atomic E-state index is 6.25. The summed E-state index contributed by atoms with van der Waals surface area (Å²) in [6, 6.07) is 7.87. The molecule has 0 bridgehead atoms. The van der Waals surface area contributed by atoms with Crippen molar-refractivity contribution in [3.8, 4) is 0 Å². The predicted octanol–water partition coefficient (Wildman–Crippen LogP) is 5.14. The molecule has 1 N–H and O–H groups in total. The molecule has 2 aromatic rings. The first-order valence-electron chi connectivity index (χ1n) is 7.11. The Hall–Kier alpha value is -1.32. The number of halogens is 2. The molecule has 0 radical (unpaired) electrons. The SMILES string of the molecule is Cc1c(Cl)nc(C2CC2)nc1NC(C)c1ccccc1Cl. The van der Waals surface area contributed by atoms with Gasteiger partial charge in [-0.25, -0.2) is 9.97 Å². The van der Waals surface area contributed by atoms with Crippen LogP contribution in [0.15, 0.2) is 24.3 Å². The molecule has 0 spiro atoms. The Morgan fingerprint density at radius 2 is 1.90 bits per heavy atom. The number of anilines is 1. The molecule has 0 saturated heterocycles. The van der Waals surface area contributed by atoms with E-state index in [-0.39, 0.29) is 6.04 Å². The minimum atomic E-state index is 0.0513. The van der Waals surface area contributed by atoms with E-state index in [1.807, 2.05) is 31.2 Å². The Bertz CT molecular complexity index is 669. The molecule has 1 aliphatic carbocycles. The standard InChI is InChI=1S/C16H17Cl2N3/c1-9-14(18)20-16(11-7-8-11)21-15(9)19-10(2)12-5-3-4-6-13(12)17/h3-6,10-11H,7-8H2,1-2H3,(H,19,20,21). The van der Waals surface area contributed by atoms with Crippen molar-refractivity contribution in [1.29, 1.82) is 0 Å². The molecule has 1 saturated carbocycles. The summed E-state index contributed by atoms with van der Waals surface area (Å²) in [6.45, 7) is 3.99. The molecule has 0 aliphatic heterocycles. The summed E-state index contributed by atoms with van der Waals surface area (Å²) >= 11 is 12.5. The Balaban J connectivity index is 1.89. The molecule has 1 unspecified atom stereocenters. The van der Waals surface area contributed by atoms with Gasteiger partial charge in [0.2, 0.25) is 0 Å². The fraction of sp³-hybridized carbons (Fsp3) is 0.375. The maximum atomic E-state index is 6.25. The van der Waals surface area contributed by atoms with Crippen LogP contribution in [0.4, 0.5) is 5.82 Å². The van der Waals surface area contributed by atoms with Gasteiger partial charge in [0.15, 0.2) is 0 Å². The maximum Gasteiger partial charge on any atom is 0.137 e. The number of benzene rings is 1. The van der Waals surface area contributed by atoms with Gasteiger partial charge in [0.05, 0.1) is 6.04 Å². The number of nitrogens with one attached hydrogen (secondary N) is 1. The first-order valence-corrected chi connectivity index (χ1v) is 7.87. The van der Waals surface area contributed by atoms with Crippen molar-refractivity contribution in [3.05, 3.63) is 51.4 Å². The summed E-state index contributed by atoms with van der Waals surface area (Å²) in [5, 5.41) is 4.69.